The third-order valence-electron chi connectivity index (χ3n) is 2.25. The maximum Gasteiger partial charge on any atom is 0.0479 e. The number of rotatable bonds is 7. The molecule has 1 N–H and O–H groups in total. The second-order valence-electron chi connectivity index (χ2n) is 3.53. The number of hydrogen-bond donors (Lipinski definition) is 1. The Hall–Kier alpha value is -0.200. The van der Waals surface area contributed by atoms with Crippen LogP contribution in [0.2, 0.25) is 0 Å². The Labute approximate surface area is 108 Å². The molecule has 4 heteroatoms. The summed E-state index contributed by atoms with van der Waals surface area (Å²) in [6.07, 6.45) is 9.29. The van der Waals surface area contributed by atoms with E-state index in [-0.39, 0.29) is 27.6 Å². The summed E-state index contributed by atoms with van der Waals surface area (Å²) in [5, 5.41) is 8.89. The molecule has 1 heterocycles. The summed E-state index contributed by atoms with van der Waals surface area (Å²) in [4.78, 5) is 0. The van der Waals surface area contributed by atoms with Crippen molar-refractivity contribution >= 4 is 25.0 Å². The van der Waals surface area contributed by atoms with Crippen molar-refractivity contribution in [1.29, 1.82) is 0 Å². The Morgan fingerprint density at radius 3 is 3.00 bits per heavy atom. The molecule has 0 aromatic rings. The van der Waals surface area contributed by atoms with Crippen molar-refractivity contribution in [3.63, 3.8) is 0 Å². The van der Waals surface area contributed by atoms with E-state index in [9.17, 15) is 0 Å². The average Bonchev–Trinajstić information content (AvgIpc) is 2.52. The van der Waals surface area contributed by atoms with Crippen molar-refractivity contribution in [2.45, 2.75) is 19.3 Å². The molecule has 0 radical (unpaired) electrons. The van der Waals surface area contributed by atoms with Crippen molar-refractivity contribution < 1.29 is 9.84 Å². The topological polar surface area (TPSA) is 32.7 Å². The number of aliphatic hydroxyl groups excluding tert-OH is 1. The third kappa shape index (κ3) is 5.23. The molecule has 0 saturated heterocycles. The van der Waals surface area contributed by atoms with Gasteiger partial charge < -0.3 is 13.0 Å². The molecule has 1 aliphatic rings. The van der Waals surface area contributed by atoms with Gasteiger partial charge in [0.1, 0.15) is 0 Å². The molecule has 92 valence electrons. The minimum atomic E-state index is -0.0384. The fourth-order valence-corrected chi connectivity index (χ4v) is 3.65. The van der Waals surface area contributed by atoms with Gasteiger partial charge in [-0.25, -0.2) is 0 Å². The van der Waals surface area contributed by atoms with E-state index in [1.807, 2.05) is 0 Å². The summed E-state index contributed by atoms with van der Waals surface area (Å²) >= 11 is -0.0384. The Morgan fingerprint density at radius 2 is 2.25 bits per heavy atom. The molecule has 16 heavy (non-hydrogen) atoms. The quantitative estimate of drug-likeness (QED) is 0.439. The van der Waals surface area contributed by atoms with Gasteiger partial charge in [0, 0.05) is 32.6 Å². The van der Waals surface area contributed by atoms with Crippen LogP contribution in [0.25, 0.3) is 0 Å². The van der Waals surface area contributed by atoms with Crippen LogP contribution < -0.4 is 0 Å². The molecular formula is C12H20INO2. The van der Waals surface area contributed by atoms with E-state index in [1.54, 1.807) is 7.11 Å². The Morgan fingerprint density at radius 1 is 1.38 bits per heavy atom. The summed E-state index contributed by atoms with van der Waals surface area (Å²) < 4.78 is 9.82. The number of aliphatic hydroxyl groups is 1. The number of hydrogen-bond acceptors (Lipinski definition) is 3. The van der Waals surface area contributed by atoms with Gasteiger partial charge in [0.2, 0.25) is 0 Å². The fraction of sp³-hybridized carbons (Fsp3) is 0.583. The van der Waals surface area contributed by atoms with Crippen LogP contribution in [0, 0.1) is 0 Å². The Bertz CT molecular complexity index is 274. The van der Waals surface area contributed by atoms with Crippen LogP contribution in [0.4, 0.5) is 0 Å². The molecule has 1 aliphatic heterocycles. The molecule has 0 aliphatic carbocycles. The molecule has 0 amide bonds. The van der Waals surface area contributed by atoms with Gasteiger partial charge in [-0.1, -0.05) is 12.2 Å². The van der Waals surface area contributed by atoms with E-state index in [0.29, 0.717) is 0 Å². The third-order valence-corrected chi connectivity index (χ3v) is 4.76. The number of nitrogens with zero attached hydrogens (tertiary/aromatic N) is 1. The second-order valence-corrected chi connectivity index (χ2v) is 5.97. The number of halogens is 1. The maximum atomic E-state index is 8.89. The highest BCUT2D eigenvalue weighted by molar-refractivity contribution is 14.2. The van der Waals surface area contributed by atoms with E-state index in [1.165, 1.54) is 5.70 Å². The summed E-state index contributed by atoms with van der Waals surface area (Å²) in [7, 11) is 1.74. The highest BCUT2D eigenvalue weighted by atomic mass is 127. The van der Waals surface area contributed by atoms with Gasteiger partial charge in [0.05, 0.1) is 0 Å². The van der Waals surface area contributed by atoms with Gasteiger partial charge >= 0.3 is 0 Å². The Kier molecular flexibility index (Phi) is 7.71. The first-order valence-corrected chi connectivity index (χ1v) is 7.79. The molecule has 0 spiro atoms. The lowest BCUT2D eigenvalue weighted by Crippen LogP contribution is -2.15. The zero-order valence-corrected chi connectivity index (χ0v) is 11.9. The van der Waals surface area contributed by atoms with E-state index < -0.39 is 0 Å². The van der Waals surface area contributed by atoms with Crippen LogP contribution in [0.5, 0.6) is 0 Å². The predicted molar refractivity (Wildman–Crippen MR) is 76.8 cm³/mol. The van der Waals surface area contributed by atoms with Crippen LogP contribution in [-0.2, 0) is 4.74 Å². The molecule has 0 atom stereocenters. The Balaban J connectivity index is 2.49. The molecule has 0 aromatic heterocycles. The highest BCUT2D eigenvalue weighted by Gasteiger charge is 2.07. The second kappa shape index (κ2) is 8.90. The van der Waals surface area contributed by atoms with Crippen molar-refractivity contribution in [3.05, 3.63) is 23.9 Å². The molecule has 0 unspecified atom stereocenters. The molecule has 0 fully saturated rings. The SMILES string of the molecule is COCCCN1I=CC=CC=C1CCCO. The monoisotopic (exact) mass is 337 g/mol. The van der Waals surface area contributed by atoms with E-state index in [4.69, 9.17) is 9.84 Å². The van der Waals surface area contributed by atoms with Gasteiger partial charge in [-0.2, -0.15) is 0 Å². The van der Waals surface area contributed by atoms with Gasteiger partial charge in [0.15, 0.2) is 0 Å². The van der Waals surface area contributed by atoms with Crippen molar-refractivity contribution in [2.24, 2.45) is 0 Å². The van der Waals surface area contributed by atoms with Gasteiger partial charge in [-0.05, 0) is 50.4 Å². The van der Waals surface area contributed by atoms with Crippen LogP contribution in [0.3, 0.4) is 0 Å². The number of methoxy groups -OCH3 is 1. The molecule has 1 rings (SSSR count). The van der Waals surface area contributed by atoms with E-state index in [2.05, 4.69) is 25.4 Å². The zero-order chi connectivity index (χ0) is 11.6. The largest absolute Gasteiger partial charge is 0.396 e. The fourth-order valence-electron chi connectivity index (χ4n) is 1.46. The molecule has 3 nitrogen and oxygen atoms in total. The van der Waals surface area contributed by atoms with Crippen LogP contribution in [-0.4, -0.2) is 39.1 Å². The van der Waals surface area contributed by atoms with Gasteiger partial charge in [0.25, 0.3) is 0 Å². The smallest absolute Gasteiger partial charge is 0.0479 e. The van der Waals surface area contributed by atoms with Gasteiger partial charge in [-0.15, -0.1) is 0 Å². The zero-order valence-electron chi connectivity index (χ0n) is 9.73. The highest BCUT2D eigenvalue weighted by Crippen LogP contribution is 2.22. The first kappa shape index (κ1) is 13.9. The normalized spacial score (nSPS) is 15.6. The van der Waals surface area contributed by atoms with Crippen molar-refractivity contribution in [3.8, 4) is 0 Å². The van der Waals surface area contributed by atoms with Crippen molar-refractivity contribution in [1.82, 2.24) is 3.11 Å². The molecular weight excluding hydrogens is 317 g/mol. The minimum Gasteiger partial charge on any atom is -0.396 e. The lowest BCUT2D eigenvalue weighted by Gasteiger charge is -2.21. The number of ether oxygens (including phenoxy) is 1. The van der Waals surface area contributed by atoms with Crippen LogP contribution in [0.15, 0.2) is 23.9 Å². The van der Waals surface area contributed by atoms with E-state index in [0.717, 1.165) is 32.4 Å². The van der Waals surface area contributed by atoms with Gasteiger partial charge in [-0.3, -0.25) is 0 Å². The molecule has 0 aromatic carbocycles. The van der Waals surface area contributed by atoms with Crippen LogP contribution >= 0.6 is 21.0 Å². The summed E-state index contributed by atoms with van der Waals surface area (Å²) in [6.45, 7) is 2.16. The average molecular weight is 337 g/mol. The summed E-state index contributed by atoms with van der Waals surface area (Å²) in [6, 6.07) is 0. The lowest BCUT2D eigenvalue weighted by molar-refractivity contribution is 0.191. The summed E-state index contributed by atoms with van der Waals surface area (Å²) in [5.41, 5.74) is 1.36. The minimum absolute atomic E-state index is 0.0384. The van der Waals surface area contributed by atoms with E-state index >= 15 is 0 Å². The molecule has 0 saturated carbocycles. The lowest BCUT2D eigenvalue weighted by atomic mass is 10.2. The first-order chi connectivity index (χ1) is 7.88. The van der Waals surface area contributed by atoms with Crippen LogP contribution in [0.1, 0.15) is 19.3 Å². The molecule has 0 bridgehead atoms. The predicted octanol–water partition coefficient (Wildman–Crippen LogP) is 2.24. The van der Waals surface area contributed by atoms with Crippen molar-refractivity contribution in [2.75, 3.05) is 26.9 Å². The standard InChI is InChI=1S/C12H20INO2/c1-16-11-5-9-14-12(7-4-10-15)6-2-3-8-13-14/h2-3,6,8,15H,4-5,7,9-11H2,1H3. The first-order valence-electron chi connectivity index (χ1n) is 5.58. The summed E-state index contributed by atoms with van der Waals surface area (Å²) in [5.74, 6) is 0. The number of allylic oxidation sites excluding steroid dienone is 4. The maximum absolute atomic E-state index is 8.89.